The third-order valence-corrected chi connectivity index (χ3v) is 3.16. The lowest BCUT2D eigenvalue weighted by molar-refractivity contribution is 0.491. The van der Waals surface area contributed by atoms with Crippen LogP contribution in [-0.4, -0.2) is 15.4 Å². The maximum absolute atomic E-state index is 6.05. The first kappa shape index (κ1) is 10.6. The maximum atomic E-state index is 6.05. The van der Waals surface area contributed by atoms with Crippen molar-refractivity contribution in [1.82, 2.24) is 9.38 Å². The fourth-order valence-electron chi connectivity index (χ4n) is 1.83. The second-order valence-electron chi connectivity index (χ2n) is 4.42. The van der Waals surface area contributed by atoms with Crippen molar-refractivity contribution in [3.8, 4) is 0 Å². The smallest absolute Gasteiger partial charge is 0.193 e. The summed E-state index contributed by atoms with van der Waals surface area (Å²) in [6, 6.07) is 0.231. The standard InChI is InChI=1S/C11H17N3S/c1-8(2)5-9(12)6-10-7-14-3-4-15-11(14)13-10/h3-4,7-9H,5-6,12H2,1-2H3. The topological polar surface area (TPSA) is 43.3 Å². The third-order valence-electron chi connectivity index (χ3n) is 2.39. The lowest BCUT2D eigenvalue weighted by Gasteiger charge is -2.11. The molecule has 1 unspecified atom stereocenters. The van der Waals surface area contributed by atoms with Crippen molar-refractivity contribution in [2.45, 2.75) is 32.7 Å². The quantitative estimate of drug-likeness (QED) is 0.864. The van der Waals surface area contributed by atoms with Gasteiger partial charge in [-0.1, -0.05) is 13.8 Å². The summed E-state index contributed by atoms with van der Waals surface area (Å²) in [5, 5.41) is 2.04. The van der Waals surface area contributed by atoms with Gasteiger partial charge in [0.05, 0.1) is 5.69 Å². The Labute approximate surface area is 93.9 Å². The first-order valence-electron chi connectivity index (χ1n) is 5.32. The largest absolute Gasteiger partial charge is 0.327 e. The lowest BCUT2D eigenvalue weighted by atomic mass is 10.0. The molecule has 4 heteroatoms. The van der Waals surface area contributed by atoms with Gasteiger partial charge in [0.25, 0.3) is 0 Å². The van der Waals surface area contributed by atoms with Gasteiger partial charge in [-0.05, 0) is 12.3 Å². The van der Waals surface area contributed by atoms with Gasteiger partial charge in [-0.3, -0.25) is 4.40 Å². The van der Waals surface area contributed by atoms with E-state index < -0.39 is 0 Å². The summed E-state index contributed by atoms with van der Waals surface area (Å²) in [6.45, 7) is 4.40. The summed E-state index contributed by atoms with van der Waals surface area (Å²) in [4.78, 5) is 5.58. The lowest BCUT2D eigenvalue weighted by Crippen LogP contribution is -2.24. The highest BCUT2D eigenvalue weighted by Crippen LogP contribution is 2.14. The molecule has 2 rings (SSSR count). The van der Waals surface area contributed by atoms with E-state index in [9.17, 15) is 0 Å². The van der Waals surface area contributed by atoms with E-state index in [1.165, 1.54) is 0 Å². The Hall–Kier alpha value is -0.870. The van der Waals surface area contributed by atoms with E-state index in [4.69, 9.17) is 5.73 Å². The molecule has 0 saturated heterocycles. The number of imidazole rings is 1. The van der Waals surface area contributed by atoms with Crippen molar-refractivity contribution >= 4 is 16.3 Å². The van der Waals surface area contributed by atoms with E-state index in [2.05, 4.69) is 29.4 Å². The van der Waals surface area contributed by atoms with Crippen LogP contribution in [0.4, 0.5) is 0 Å². The van der Waals surface area contributed by atoms with Crippen LogP contribution in [-0.2, 0) is 6.42 Å². The average Bonchev–Trinajstić information content (AvgIpc) is 2.60. The molecule has 0 saturated carbocycles. The number of fused-ring (bicyclic) bond motifs is 1. The Bertz CT molecular complexity index is 401. The molecule has 0 aliphatic rings. The monoisotopic (exact) mass is 223 g/mol. The van der Waals surface area contributed by atoms with Crippen LogP contribution in [0.15, 0.2) is 17.8 Å². The van der Waals surface area contributed by atoms with Gasteiger partial charge in [0.1, 0.15) is 0 Å². The zero-order valence-corrected chi connectivity index (χ0v) is 10.00. The van der Waals surface area contributed by atoms with Crippen LogP contribution in [0.2, 0.25) is 0 Å². The summed E-state index contributed by atoms with van der Waals surface area (Å²) in [5.41, 5.74) is 7.16. The van der Waals surface area contributed by atoms with Crippen molar-refractivity contribution in [3.63, 3.8) is 0 Å². The highest BCUT2D eigenvalue weighted by Gasteiger charge is 2.09. The Morgan fingerprint density at radius 3 is 3.00 bits per heavy atom. The zero-order valence-electron chi connectivity index (χ0n) is 9.18. The minimum absolute atomic E-state index is 0.231. The number of aromatic nitrogens is 2. The van der Waals surface area contributed by atoms with Crippen LogP contribution >= 0.6 is 11.3 Å². The molecular weight excluding hydrogens is 206 g/mol. The Morgan fingerprint density at radius 1 is 1.53 bits per heavy atom. The molecule has 2 heterocycles. The summed E-state index contributed by atoms with van der Waals surface area (Å²) in [6.07, 6.45) is 6.05. The minimum Gasteiger partial charge on any atom is -0.327 e. The molecule has 15 heavy (non-hydrogen) atoms. The minimum atomic E-state index is 0.231. The van der Waals surface area contributed by atoms with Crippen LogP contribution in [0.1, 0.15) is 26.0 Å². The molecule has 0 fully saturated rings. The van der Waals surface area contributed by atoms with Crippen molar-refractivity contribution in [2.75, 3.05) is 0 Å². The van der Waals surface area contributed by atoms with E-state index in [1.807, 2.05) is 11.6 Å². The normalized spacial score (nSPS) is 13.9. The number of nitrogens with zero attached hydrogens (tertiary/aromatic N) is 2. The molecule has 0 aromatic carbocycles. The summed E-state index contributed by atoms with van der Waals surface area (Å²) < 4.78 is 2.06. The first-order valence-corrected chi connectivity index (χ1v) is 6.20. The van der Waals surface area contributed by atoms with Gasteiger partial charge in [-0.15, -0.1) is 11.3 Å². The van der Waals surface area contributed by atoms with Crippen LogP contribution in [0.5, 0.6) is 0 Å². The SMILES string of the molecule is CC(C)CC(N)Cc1cn2ccsc2n1. The highest BCUT2D eigenvalue weighted by molar-refractivity contribution is 7.15. The van der Waals surface area contributed by atoms with Gasteiger partial charge >= 0.3 is 0 Å². The molecular formula is C11H17N3S. The average molecular weight is 223 g/mol. The fraction of sp³-hybridized carbons (Fsp3) is 0.545. The van der Waals surface area contributed by atoms with E-state index in [1.54, 1.807) is 11.3 Å². The summed E-state index contributed by atoms with van der Waals surface area (Å²) in [7, 11) is 0. The fourth-order valence-corrected chi connectivity index (χ4v) is 2.55. The number of rotatable bonds is 4. The van der Waals surface area contributed by atoms with Gasteiger partial charge in [-0.25, -0.2) is 4.98 Å². The van der Waals surface area contributed by atoms with Gasteiger partial charge < -0.3 is 5.73 Å². The van der Waals surface area contributed by atoms with Gasteiger partial charge in [-0.2, -0.15) is 0 Å². The van der Waals surface area contributed by atoms with Crippen molar-refractivity contribution in [3.05, 3.63) is 23.5 Å². The molecule has 0 aliphatic carbocycles. The molecule has 82 valence electrons. The first-order chi connectivity index (χ1) is 7.15. The van der Waals surface area contributed by atoms with Crippen LogP contribution < -0.4 is 5.73 Å². The summed E-state index contributed by atoms with van der Waals surface area (Å²) >= 11 is 1.66. The highest BCUT2D eigenvalue weighted by atomic mass is 32.1. The van der Waals surface area contributed by atoms with Gasteiger partial charge in [0.2, 0.25) is 0 Å². The number of hydrogen-bond acceptors (Lipinski definition) is 3. The molecule has 3 nitrogen and oxygen atoms in total. The van der Waals surface area contributed by atoms with E-state index in [0.717, 1.165) is 23.5 Å². The maximum Gasteiger partial charge on any atom is 0.193 e. The number of nitrogens with two attached hydrogens (primary N) is 1. The summed E-state index contributed by atoms with van der Waals surface area (Å²) in [5.74, 6) is 0.656. The second kappa shape index (κ2) is 4.33. The van der Waals surface area contributed by atoms with E-state index in [-0.39, 0.29) is 6.04 Å². The van der Waals surface area contributed by atoms with Gasteiger partial charge in [0, 0.05) is 30.2 Å². The zero-order chi connectivity index (χ0) is 10.8. The molecule has 0 spiro atoms. The number of thiazole rings is 1. The Morgan fingerprint density at radius 2 is 2.33 bits per heavy atom. The molecule has 0 aliphatic heterocycles. The third kappa shape index (κ3) is 2.58. The predicted octanol–water partition coefficient (Wildman–Crippen LogP) is 2.31. The molecule has 0 radical (unpaired) electrons. The molecule has 2 aromatic rings. The Kier molecular flexibility index (Phi) is 3.07. The molecule has 0 amide bonds. The molecule has 2 N–H and O–H groups in total. The van der Waals surface area contributed by atoms with Gasteiger partial charge in [0.15, 0.2) is 4.96 Å². The number of hydrogen-bond donors (Lipinski definition) is 1. The van der Waals surface area contributed by atoms with E-state index >= 15 is 0 Å². The molecule has 2 aromatic heterocycles. The second-order valence-corrected chi connectivity index (χ2v) is 5.29. The van der Waals surface area contributed by atoms with E-state index in [0.29, 0.717) is 5.92 Å². The van der Waals surface area contributed by atoms with Crippen molar-refractivity contribution in [2.24, 2.45) is 11.7 Å². The van der Waals surface area contributed by atoms with Crippen LogP contribution in [0, 0.1) is 5.92 Å². The van der Waals surface area contributed by atoms with Crippen LogP contribution in [0.25, 0.3) is 4.96 Å². The van der Waals surface area contributed by atoms with Crippen LogP contribution in [0.3, 0.4) is 0 Å². The van der Waals surface area contributed by atoms with Crippen molar-refractivity contribution in [1.29, 1.82) is 0 Å². The molecule has 0 bridgehead atoms. The predicted molar refractivity (Wildman–Crippen MR) is 64.2 cm³/mol. The Balaban J connectivity index is 2.02. The van der Waals surface area contributed by atoms with Crippen molar-refractivity contribution < 1.29 is 0 Å². The molecule has 1 atom stereocenters.